The number of hydrogen-bond donors (Lipinski definition) is 2. The Bertz CT molecular complexity index is 946. The van der Waals surface area contributed by atoms with Gasteiger partial charge in [0, 0.05) is 13.6 Å². The number of nitrogens with zero attached hydrogens (tertiary/aromatic N) is 2. The number of aromatic hydroxyl groups is 1. The fraction of sp³-hybridized carbons (Fsp3) is 0.167. The van der Waals surface area contributed by atoms with Crippen LogP contribution in [-0.4, -0.2) is 27.1 Å². The van der Waals surface area contributed by atoms with Gasteiger partial charge < -0.3 is 10.4 Å². The van der Waals surface area contributed by atoms with Crippen LogP contribution in [0.1, 0.15) is 16.2 Å². The van der Waals surface area contributed by atoms with Crippen molar-refractivity contribution in [1.29, 1.82) is 0 Å². The van der Waals surface area contributed by atoms with E-state index in [1.807, 2.05) is 0 Å². The van der Waals surface area contributed by atoms with Crippen LogP contribution in [0.3, 0.4) is 0 Å². The van der Waals surface area contributed by atoms with Gasteiger partial charge in [0.15, 0.2) is 0 Å². The summed E-state index contributed by atoms with van der Waals surface area (Å²) < 4.78 is 1.26. The lowest BCUT2D eigenvalue weighted by molar-refractivity contribution is 0.0939. The number of aromatic nitrogens is 2. The Kier molecular flexibility index (Phi) is 4.29. The van der Waals surface area contributed by atoms with E-state index in [1.54, 1.807) is 48.5 Å². The average Bonchev–Trinajstić information content (AvgIpc) is 2.59. The lowest BCUT2D eigenvalue weighted by Gasteiger charge is -2.09. The van der Waals surface area contributed by atoms with Gasteiger partial charge in [-0.2, -0.15) is 0 Å². The van der Waals surface area contributed by atoms with Crippen LogP contribution in [0.4, 0.5) is 0 Å². The summed E-state index contributed by atoms with van der Waals surface area (Å²) in [7, 11) is 1.54. The van der Waals surface area contributed by atoms with Gasteiger partial charge in [0.2, 0.25) is 5.82 Å². The summed E-state index contributed by atoms with van der Waals surface area (Å²) in [4.78, 5) is 28.9. The number of rotatable bonds is 4. The molecule has 6 heteroatoms. The second-order valence-electron chi connectivity index (χ2n) is 5.49. The highest BCUT2D eigenvalue weighted by atomic mass is 16.3. The topological polar surface area (TPSA) is 84.2 Å². The predicted octanol–water partition coefficient (Wildman–Crippen LogP) is 1.61. The van der Waals surface area contributed by atoms with Gasteiger partial charge in [-0.25, -0.2) is 4.98 Å². The molecule has 2 aromatic carbocycles. The third-order valence-electron chi connectivity index (χ3n) is 3.82. The van der Waals surface area contributed by atoms with Crippen LogP contribution in [0.2, 0.25) is 0 Å². The van der Waals surface area contributed by atoms with Crippen molar-refractivity contribution in [2.75, 3.05) is 6.54 Å². The van der Waals surface area contributed by atoms with Crippen molar-refractivity contribution in [3.05, 3.63) is 70.3 Å². The van der Waals surface area contributed by atoms with E-state index in [1.165, 1.54) is 11.6 Å². The minimum absolute atomic E-state index is 0.0874. The number of carbonyl (C=O) groups excluding carboxylic acids is 1. The van der Waals surface area contributed by atoms with E-state index in [-0.39, 0.29) is 23.0 Å². The number of fused-ring (bicyclic) bond motifs is 1. The number of benzene rings is 2. The number of para-hydroxylation sites is 1. The second kappa shape index (κ2) is 6.54. The van der Waals surface area contributed by atoms with Crippen molar-refractivity contribution in [2.45, 2.75) is 6.42 Å². The smallest absolute Gasteiger partial charge is 0.287 e. The molecule has 0 fully saturated rings. The van der Waals surface area contributed by atoms with Crippen LogP contribution in [0, 0.1) is 0 Å². The quantitative estimate of drug-likeness (QED) is 0.764. The highest BCUT2D eigenvalue weighted by Crippen LogP contribution is 2.10. The summed E-state index contributed by atoms with van der Waals surface area (Å²) >= 11 is 0. The monoisotopic (exact) mass is 323 g/mol. The molecule has 1 aromatic heterocycles. The number of phenolic OH excluding ortho intramolecular Hbond substituents is 1. The van der Waals surface area contributed by atoms with Crippen molar-refractivity contribution in [3.63, 3.8) is 0 Å². The largest absolute Gasteiger partial charge is 0.508 e. The maximum absolute atomic E-state index is 12.3. The molecule has 1 heterocycles. The Balaban J connectivity index is 1.75. The molecule has 0 aliphatic rings. The molecule has 122 valence electrons. The summed E-state index contributed by atoms with van der Waals surface area (Å²) in [5, 5.41) is 12.5. The van der Waals surface area contributed by atoms with Crippen LogP contribution in [-0.2, 0) is 13.5 Å². The molecule has 0 saturated carbocycles. The third kappa shape index (κ3) is 3.12. The Labute approximate surface area is 138 Å². The highest BCUT2D eigenvalue weighted by Gasteiger charge is 2.14. The fourth-order valence-electron chi connectivity index (χ4n) is 2.48. The zero-order valence-corrected chi connectivity index (χ0v) is 13.2. The maximum Gasteiger partial charge on any atom is 0.287 e. The van der Waals surface area contributed by atoms with E-state index >= 15 is 0 Å². The van der Waals surface area contributed by atoms with E-state index in [0.29, 0.717) is 23.9 Å². The van der Waals surface area contributed by atoms with Gasteiger partial charge in [-0.05, 0) is 36.2 Å². The molecule has 2 N–H and O–H groups in total. The zero-order valence-electron chi connectivity index (χ0n) is 13.2. The number of carbonyl (C=O) groups is 1. The molecular weight excluding hydrogens is 306 g/mol. The normalized spacial score (nSPS) is 10.7. The summed E-state index contributed by atoms with van der Waals surface area (Å²) in [5.74, 6) is -0.0957. The van der Waals surface area contributed by atoms with Gasteiger partial charge in [0.1, 0.15) is 5.75 Å². The molecule has 0 atom stereocenters. The number of nitrogens with one attached hydrogen (secondary N) is 1. The molecular formula is C18H17N3O3. The van der Waals surface area contributed by atoms with E-state index in [0.717, 1.165) is 5.56 Å². The maximum atomic E-state index is 12.3. The predicted molar refractivity (Wildman–Crippen MR) is 91.1 cm³/mol. The summed E-state index contributed by atoms with van der Waals surface area (Å²) in [5.41, 5.74) is 1.25. The first kappa shape index (κ1) is 15.7. The Morgan fingerprint density at radius 2 is 1.88 bits per heavy atom. The third-order valence-corrected chi connectivity index (χ3v) is 3.82. The van der Waals surface area contributed by atoms with Crippen LogP contribution < -0.4 is 10.9 Å². The molecule has 24 heavy (non-hydrogen) atoms. The molecule has 0 spiro atoms. The van der Waals surface area contributed by atoms with Crippen molar-refractivity contribution >= 4 is 16.8 Å². The van der Waals surface area contributed by atoms with Gasteiger partial charge in [-0.3, -0.25) is 14.2 Å². The van der Waals surface area contributed by atoms with Crippen molar-refractivity contribution in [3.8, 4) is 5.75 Å². The number of hydrogen-bond acceptors (Lipinski definition) is 4. The van der Waals surface area contributed by atoms with Crippen LogP contribution in [0.25, 0.3) is 10.9 Å². The lowest BCUT2D eigenvalue weighted by Crippen LogP contribution is -2.33. The zero-order chi connectivity index (χ0) is 17.1. The summed E-state index contributed by atoms with van der Waals surface area (Å²) in [6, 6.07) is 13.7. The van der Waals surface area contributed by atoms with Crippen molar-refractivity contribution in [2.24, 2.45) is 7.05 Å². The standard InChI is InChI=1S/C18H17N3O3/c1-21-16(20-15-5-3-2-4-14(15)18(21)24)17(23)19-11-10-12-6-8-13(22)9-7-12/h2-9,22H,10-11H2,1H3,(H,19,23). The molecule has 3 aromatic rings. The summed E-state index contributed by atoms with van der Waals surface area (Å²) in [6.45, 7) is 0.409. The highest BCUT2D eigenvalue weighted by molar-refractivity contribution is 5.92. The van der Waals surface area contributed by atoms with Crippen molar-refractivity contribution in [1.82, 2.24) is 14.9 Å². The molecule has 0 bridgehead atoms. The molecule has 0 radical (unpaired) electrons. The van der Waals surface area contributed by atoms with E-state index < -0.39 is 0 Å². The molecule has 6 nitrogen and oxygen atoms in total. The van der Waals surface area contributed by atoms with Crippen LogP contribution in [0.5, 0.6) is 5.75 Å². The Morgan fingerprint density at radius 3 is 2.62 bits per heavy atom. The van der Waals surface area contributed by atoms with Gasteiger partial charge in [-0.1, -0.05) is 24.3 Å². The van der Waals surface area contributed by atoms with E-state index in [9.17, 15) is 14.7 Å². The fourth-order valence-corrected chi connectivity index (χ4v) is 2.48. The van der Waals surface area contributed by atoms with Crippen LogP contribution in [0.15, 0.2) is 53.3 Å². The first-order chi connectivity index (χ1) is 11.6. The number of phenols is 1. The Hall–Kier alpha value is -3.15. The molecule has 0 aliphatic carbocycles. The van der Waals surface area contributed by atoms with Gasteiger partial charge >= 0.3 is 0 Å². The van der Waals surface area contributed by atoms with Crippen LogP contribution >= 0.6 is 0 Å². The van der Waals surface area contributed by atoms with Gasteiger partial charge in [0.25, 0.3) is 11.5 Å². The van der Waals surface area contributed by atoms with Gasteiger partial charge in [0.05, 0.1) is 10.9 Å². The summed E-state index contributed by atoms with van der Waals surface area (Å²) in [6.07, 6.45) is 0.619. The van der Waals surface area contributed by atoms with E-state index in [4.69, 9.17) is 0 Å². The molecule has 0 saturated heterocycles. The average molecular weight is 323 g/mol. The number of amides is 1. The lowest BCUT2D eigenvalue weighted by atomic mass is 10.1. The molecule has 0 aliphatic heterocycles. The minimum atomic E-state index is -0.390. The molecule has 0 unspecified atom stereocenters. The van der Waals surface area contributed by atoms with Gasteiger partial charge in [-0.15, -0.1) is 0 Å². The Morgan fingerprint density at radius 1 is 1.17 bits per heavy atom. The second-order valence-corrected chi connectivity index (χ2v) is 5.49. The molecule has 1 amide bonds. The minimum Gasteiger partial charge on any atom is -0.508 e. The first-order valence-electron chi connectivity index (χ1n) is 7.58. The first-order valence-corrected chi connectivity index (χ1v) is 7.58. The SMILES string of the molecule is Cn1c(C(=O)NCCc2ccc(O)cc2)nc2ccccc2c1=O. The van der Waals surface area contributed by atoms with Crippen molar-refractivity contribution < 1.29 is 9.90 Å². The molecule has 3 rings (SSSR count). The van der Waals surface area contributed by atoms with E-state index in [2.05, 4.69) is 10.3 Å².